The average molecular weight is 322 g/mol. The zero-order valence-electron chi connectivity index (χ0n) is 13.0. The van der Waals surface area contributed by atoms with Crippen LogP contribution in [-0.2, 0) is 14.4 Å². The van der Waals surface area contributed by atoms with Gasteiger partial charge in [0.15, 0.2) is 0 Å². The van der Waals surface area contributed by atoms with E-state index in [0.717, 1.165) is 0 Å². The van der Waals surface area contributed by atoms with Crippen LogP contribution in [0.1, 0.15) is 18.9 Å². The van der Waals surface area contributed by atoms with E-state index in [9.17, 15) is 18.8 Å². The SMILES string of the molecule is Cc1cc(N2CC(C(=O)NCC(C)C(=O)O)CC2=O)ccc1F. The van der Waals surface area contributed by atoms with Gasteiger partial charge < -0.3 is 15.3 Å². The quantitative estimate of drug-likeness (QED) is 0.856. The zero-order chi connectivity index (χ0) is 17.1. The van der Waals surface area contributed by atoms with Crippen molar-refractivity contribution in [2.24, 2.45) is 11.8 Å². The minimum absolute atomic E-state index is 0.0223. The zero-order valence-corrected chi connectivity index (χ0v) is 13.0. The average Bonchev–Trinajstić information content (AvgIpc) is 2.89. The van der Waals surface area contributed by atoms with Crippen LogP contribution in [0.3, 0.4) is 0 Å². The van der Waals surface area contributed by atoms with Crippen LogP contribution in [0.2, 0.25) is 0 Å². The molecule has 23 heavy (non-hydrogen) atoms. The third-order valence-corrected chi connectivity index (χ3v) is 3.95. The normalized spacial score (nSPS) is 18.8. The number of anilines is 1. The molecule has 0 aromatic heterocycles. The first-order chi connectivity index (χ1) is 10.8. The second kappa shape index (κ2) is 6.76. The molecule has 0 saturated carbocycles. The number of carbonyl (C=O) groups is 3. The molecular formula is C16H19FN2O4. The molecule has 2 unspecified atom stereocenters. The van der Waals surface area contributed by atoms with Crippen molar-refractivity contribution in [3.05, 3.63) is 29.6 Å². The van der Waals surface area contributed by atoms with Gasteiger partial charge in [-0.1, -0.05) is 6.92 Å². The first-order valence-electron chi connectivity index (χ1n) is 7.36. The maximum absolute atomic E-state index is 13.3. The molecule has 1 aliphatic heterocycles. The number of carboxylic acid groups (broad SMARTS) is 1. The molecule has 1 aliphatic rings. The maximum atomic E-state index is 13.3. The molecule has 2 rings (SSSR count). The largest absolute Gasteiger partial charge is 0.481 e. The number of hydrogen-bond donors (Lipinski definition) is 2. The number of aryl methyl sites for hydroxylation is 1. The van der Waals surface area contributed by atoms with Crippen molar-refractivity contribution < 1.29 is 23.9 Å². The second-order valence-corrected chi connectivity index (χ2v) is 5.82. The van der Waals surface area contributed by atoms with E-state index in [0.29, 0.717) is 11.3 Å². The van der Waals surface area contributed by atoms with Crippen molar-refractivity contribution in [1.82, 2.24) is 5.32 Å². The van der Waals surface area contributed by atoms with Crippen LogP contribution in [-0.4, -0.2) is 36.0 Å². The fraction of sp³-hybridized carbons (Fsp3) is 0.438. The number of nitrogens with zero attached hydrogens (tertiary/aromatic N) is 1. The van der Waals surface area contributed by atoms with Crippen LogP contribution in [0.4, 0.5) is 10.1 Å². The van der Waals surface area contributed by atoms with E-state index in [-0.39, 0.29) is 37.1 Å². The number of amides is 2. The molecule has 0 bridgehead atoms. The van der Waals surface area contributed by atoms with Gasteiger partial charge >= 0.3 is 5.97 Å². The van der Waals surface area contributed by atoms with E-state index in [1.54, 1.807) is 13.0 Å². The summed E-state index contributed by atoms with van der Waals surface area (Å²) >= 11 is 0. The van der Waals surface area contributed by atoms with Crippen molar-refractivity contribution in [1.29, 1.82) is 0 Å². The first-order valence-corrected chi connectivity index (χ1v) is 7.36. The van der Waals surface area contributed by atoms with Crippen LogP contribution in [0.25, 0.3) is 0 Å². The fourth-order valence-electron chi connectivity index (χ4n) is 2.41. The summed E-state index contributed by atoms with van der Waals surface area (Å²) in [4.78, 5) is 36.4. The Balaban J connectivity index is 2.00. The summed E-state index contributed by atoms with van der Waals surface area (Å²) in [5, 5.41) is 11.4. The predicted octanol–water partition coefficient (Wildman–Crippen LogP) is 1.32. The molecular weight excluding hydrogens is 303 g/mol. The van der Waals surface area contributed by atoms with Crippen LogP contribution in [0, 0.1) is 24.6 Å². The number of hydrogen-bond acceptors (Lipinski definition) is 3. The molecule has 0 spiro atoms. The second-order valence-electron chi connectivity index (χ2n) is 5.82. The van der Waals surface area contributed by atoms with Crippen LogP contribution in [0.15, 0.2) is 18.2 Å². The lowest BCUT2D eigenvalue weighted by Gasteiger charge is -2.17. The monoisotopic (exact) mass is 322 g/mol. The van der Waals surface area contributed by atoms with Gasteiger partial charge in [0.05, 0.1) is 11.8 Å². The number of halogens is 1. The highest BCUT2D eigenvalue weighted by molar-refractivity contribution is 6.00. The Morgan fingerprint density at radius 3 is 2.78 bits per heavy atom. The minimum Gasteiger partial charge on any atom is -0.481 e. The van der Waals surface area contributed by atoms with Gasteiger partial charge in [0, 0.05) is 25.2 Å². The topological polar surface area (TPSA) is 86.7 Å². The summed E-state index contributed by atoms with van der Waals surface area (Å²) < 4.78 is 13.3. The third kappa shape index (κ3) is 3.85. The van der Waals surface area contributed by atoms with Gasteiger partial charge in [0.25, 0.3) is 0 Å². The summed E-state index contributed by atoms with van der Waals surface area (Å²) in [6.07, 6.45) is 0.0592. The molecule has 2 N–H and O–H groups in total. The molecule has 2 atom stereocenters. The molecule has 0 aliphatic carbocycles. The maximum Gasteiger partial charge on any atom is 0.308 e. The highest BCUT2D eigenvalue weighted by Crippen LogP contribution is 2.26. The Morgan fingerprint density at radius 1 is 1.48 bits per heavy atom. The van der Waals surface area contributed by atoms with Gasteiger partial charge in [-0.2, -0.15) is 0 Å². The Bertz CT molecular complexity index is 647. The van der Waals surface area contributed by atoms with Crippen molar-refractivity contribution in [2.45, 2.75) is 20.3 Å². The van der Waals surface area contributed by atoms with Gasteiger partial charge in [-0.05, 0) is 30.7 Å². The molecule has 1 aromatic carbocycles. The van der Waals surface area contributed by atoms with Gasteiger partial charge in [-0.3, -0.25) is 14.4 Å². The lowest BCUT2D eigenvalue weighted by molar-refractivity contribution is -0.141. The Labute approximate surface area is 133 Å². The highest BCUT2D eigenvalue weighted by atomic mass is 19.1. The third-order valence-electron chi connectivity index (χ3n) is 3.95. The molecule has 1 saturated heterocycles. The van der Waals surface area contributed by atoms with Crippen LogP contribution in [0.5, 0.6) is 0 Å². The number of carboxylic acids is 1. The summed E-state index contributed by atoms with van der Waals surface area (Å²) in [6.45, 7) is 3.33. The van der Waals surface area contributed by atoms with Gasteiger partial charge in [0.1, 0.15) is 5.82 Å². The molecule has 2 amide bonds. The van der Waals surface area contributed by atoms with Crippen LogP contribution < -0.4 is 10.2 Å². The summed E-state index contributed by atoms with van der Waals surface area (Å²) in [7, 11) is 0. The molecule has 1 fully saturated rings. The van der Waals surface area contributed by atoms with Gasteiger partial charge in [-0.25, -0.2) is 4.39 Å². The number of rotatable bonds is 5. The lowest BCUT2D eigenvalue weighted by atomic mass is 10.1. The molecule has 124 valence electrons. The molecule has 1 heterocycles. The number of nitrogens with one attached hydrogen (secondary N) is 1. The van der Waals surface area contributed by atoms with E-state index in [1.807, 2.05) is 0 Å². The molecule has 0 radical (unpaired) electrons. The Hall–Kier alpha value is -2.44. The Kier molecular flexibility index (Phi) is 4.98. The van der Waals surface area contributed by atoms with Crippen molar-refractivity contribution in [3.63, 3.8) is 0 Å². The molecule has 1 aromatic rings. The van der Waals surface area contributed by atoms with E-state index >= 15 is 0 Å². The molecule has 6 nitrogen and oxygen atoms in total. The van der Waals surface area contributed by atoms with E-state index < -0.39 is 17.8 Å². The number of aliphatic carboxylic acids is 1. The van der Waals surface area contributed by atoms with Crippen molar-refractivity contribution in [3.8, 4) is 0 Å². The summed E-state index contributed by atoms with van der Waals surface area (Å²) in [5.74, 6) is -3.11. The number of carbonyl (C=O) groups excluding carboxylic acids is 2. The van der Waals surface area contributed by atoms with Crippen molar-refractivity contribution in [2.75, 3.05) is 18.0 Å². The predicted molar refractivity (Wildman–Crippen MR) is 81.4 cm³/mol. The van der Waals surface area contributed by atoms with E-state index in [2.05, 4.69) is 5.32 Å². The van der Waals surface area contributed by atoms with Crippen molar-refractivity contribution >= 4 is 23.5 Å². The first kappa shape index (κ1) is 16.9. The number of benzene rings is 1. The van der Waals surface area contributed by atoms with E-state index in [4.69, 9.17) is 5.11 Å². The van der Waals surface area contributed by atoms with E-state index in [1.165, 1.54) is 24.0 Å². The lowest BCUT2D eigenvalue weighted by Crippen LogP contribution is -2.37. The standard InChI is InChI=1S/C16H19FN2O4/c1-9-5-12(3-4-13(9)17)19-8-11(6-14(19)20)15(21)18-7-10(2)16(22)23/h3-5,10-11H,6-8H2,1-2H3,(H,18,21)(H,22,23). The summed E-state index contributed by atoms with van der Waals surface area (Å²) in [6, 6.07) is 4.37. The minimum atomic E-state index is -0.990. The van der Waals surface area contributed by atoms with Crippen LogP contribution >= 0.6 is 0 Å². The summed E-state index contributed by atoms with van der Waals surface area (Å²) in [5.41, 5.74) is 0.988. The Morgan fingerprint density at radius 2 is 2.17 bits per heavy atom. The highest BCUT2D eigenvalue weighted by Gasteiger charge is 2.35. The van der Waals surface area contributed by atoms with Gasteiger partial charge in [-0.15, -0.1) is 0 Å². The fourth-order valence-corrected chi connectivity index (χ4v) is 2.41. The molecule has 7 heteroatoms. The smallest absolute Gasteiger partial charge is 0.308 e. The van der Waals surface area contributed by atoms with Gasteiger partial charge in [0.2, 0.25) is 11.8 Å².